The summed E-state index contributed by atoms with van der Waals surface area (Å²) in [5, 5.41) is 23.5. The van der Waals surface area contributed by atoms with Crippen molar-refractivity contribution in [2.24, 2.45) is 5.41 Å². The largest absolute Gasteiger partial charge is 0.392 e. The molecule has 2 atom stereocenters. The molecule has 1 aromatic carbocycles. The molecular formula is C15H18Cl2N2O3. The lowest BCUT2D eigenvalue weighted by Crippen LogP contribution is -2.62. The second kappa shape index (κ2) is 5.89. The molecular weight excluding hydrogens is 327 g/mol. The van der Waals surface area contributed by atoms with Gasteiger partial charge < -0.3 is 20.4 Å². The lowest BCUT2D eigenvalue weighted by atomic mass is 9.58. The maximum atomic E-state index is 12.3. The second-order valence-corrected chi connectivity index (χ2v) is 6.89. The normalized spacial score (nSPS) is 26.6. The van der Waals surface area contributed by atoms with Crippen molar-refractivity contribution >= 4 is 34.9 Å². The van der Waals surface area contributed by atoms with Crippen LogP contribution in [-0.2, 0) is 0 Å². The average molecular weight is 345 g/mol. The van der Waals surface area contributed by atoms with Crippen molar-refractivity contribution in [1.82, 2.24) is 4.90 Å². The van der Waals surface area contributed by atoms with E-state index in [0.717, 1.165) is 0 Å². The summed E-state index contributed by atoms with van der Waals surface area (Å²) in [7, 11) is 0. The van der Waals surface area contributed by atoms with Gasteiger partial charge in [-0.15, -0.1) is 0 Å². The molecule has 1 aromatic rings. The number of aliphatic hydroxyl groups is 2. The van der Waals surface area contributed by atoms with Gasteiger partial charge in [-0.3, -0.25) is 0 Å². The van der Waals surface area contributed by atoms with Gasteiger partial charge in [-0.05, 0) is 31.0 Å². The third-order valence-corrected chi connectivity index (χ3v) is 5.48. The van der Waals surface area contributed by atoms with Crippen LogP contribution in [0.4, 0.5) is 10.5 Å². The molecule has 1 aliphatic heterocycles. The molecule has 2 aliphatic rings. The summed E-state index contributed by atoms with van der Waals surface area (Å²) >= 11 is 11.9. The first-order valence-electron chi connectivity index (χ1n) is 7.29. The smallest absolute Gasteiger partial charge is 0.321 e. The Morgan fingerprint density at radius 2 is 1.86 bits per heavy atom. The Kier molecular flexibility index (Phi) is 4.25. The number of nitrogens with zero attached hydrogens (tertiary/aromatic N) is 1. The number of hydrogen-bond acceptors (Lipinski definition) is 3. The molecule has 3 N–H and O–H groups in total. The summed E-state index contributed by atoms with van der Waals surface area (Å²) < 4.78 is 0. The van der Waals surface area contributed by atoms with Crippen LogP contribution in [0.15, 0.2) is 18.2 Å². The zero-order valence-electron chi connectivity index (χ0n) is 11.9. The molecule has 120 valence electrons. The van der Waals surface area contributed by atoms with Crippen LogP contribution in [0.5, 0.6) is 0 Å². The Morgan fingerprint density at radius 3 is 2.41 bits per heavy atom. The third kappa shape index (κ3) is 2.67. The molecule has 1 aliphatic carbocycles. The molecule has 3 rings (SSSR count). The van der Waals surface area contributed by atoms with Gasteiger partial charge in [-0.25, -0.2) is 4.79 Å². The first-order valence-corrected chi connectivity index (χ1v) is 8.05. The van der Waals surface area contributed by atoms with Gasteiger partial charge in [-0.1, -0.05) is 23.2 Å². The van der Waals surface area contributed by atoms with Crippen LogP contribution < -0.4 is 5.32 Å². The van der Waals surface area contributed by atoms with Gasteiger partial charge in [0.25, 0.3) is 0 Å². The Balaban J connectivity index is 1.60. The van der Waals surface area contributed by atoms with Crippen LogP contribution in [0.2, 0.25) is 10.0 Å². The lowest BCUT2D eigenvalue weighted by Gasteiger charge is -2.54. The molecule has 0 bridgehead atoms. The highest BCUT2D eigenvalue weighted by molar-refractivity contribution is 6.36. The number of carbonyl (C=O) groups is 1. The molecule has 1 saturated heterocycles. The maximum absolute atomic E-state index is 12.3. The van der Waals surface area contributed by atoms with E-state index >= 15 is 0 Å². The van der Waals surface area contributed by atoms with Crippen LogP contribution in [0, 0.1) is 5.41 Å². The molecule has 1 saturated carbocycles. The molecule has 0 aromatic heterocycles. The summed E-state index contributed by atoms with van der Waals surface area (Å²) in [6.07, 6.45) is 0.734. The fourth-order valence-electron chi connectivity index (χ4n) is 3.32. The summed E-state index contributed by atoms with van der Waals surface area (Å²) in [6.45, 7) is 1.01. The van der Waals surface area contributed by atoms with Crippen LogP contribution in [0.1, 0.15) is 19.3 Å². The topological polar surface area (TPSA) is 72.8 Å². The van der Waals surface area contributed by atoms with Gasteiger partial charge in [0.2, 0.25) is 0 Å². The number of benzene rings is 1. The third-order valence-electron chi connectivity index (χ3n) is 4.93. The Hall–Kier alpha value is -1.01. The highest BCUT2D eigenvalue weighted by atomic mass is 35.5. The average Bonchev–Trinajstić information content (AvgIpc) is 2.50. The molecule has 2 fully saturated rings. The van der Waals surface area contributed by atoms with Crippen molar-refractivity contribution in [3.8, 4) is 0 Å². The van der Waals surface area contributed by atoms with E-state index in [1.807, 2.05) is 0 Å². The molecule has 1 spiro atoms. The van der Waals surface area contributed by atoms with Gasteiger partial charge in [0.1, 0.15) is 0 Å². The predicted molar refractivity (Wildman–Crippen MR) is 85.4 cm³/mol. The molecule has 0 radical (unpaired) electrons. The van der Waals surface area contributed by atoms with E-state index in [0.29, 0.717) is 48.1 Å². The van der Waals surface area contributed by atoms with E-state index in [1.165, 1.54) is 0 Å². The van der Waals surface area contributed by atoms with Crippen molar-refractivity contribution in [3.05, 3.63) is 28.2 Å². The quantitative estimate of drug-likeness (QED) is 0.733. The van der Waals surface area contributed by atoms with Crippen molar-refractivity contribution in [2.45, 2.75) is 31.5 Å². The number of carbonyl (C=O) groups excluding carboxylic acids is 1. The van der Waals surface area contributed by atoms with E-state index in [-0.39, 0.29) is 6.03 Å². The minimum absolute atomic E-state index is 0.234. The van der Waals surface area contributed by atoms with Crippen LogP contribution in [0.25, 0.3) is 0 Å². The van der Waals surface area contributed by atoms with Crippen LogP contribution in [-0.4, -0.2) is 46.4 Å². The second-order valence-electron chi connectivity index (χ2n) is 6.04. The van der Waals surface area contributed by atoms with E-state index in [9.17, 15) is 15.0 Å². The van der Waals surface area contributed by atoms with E-state index in [2.05, 4.69) is 5.32 Å². The predicted octanol–water partition coefficient (Wildman–Crippen LogP) is 2.73. The fraction of sp³-hybridized carbons (Fsp3) is 0.533. The number of amides is 2. The van der Waals surface area contributed by atoms with Crippen molar-refractivity contribution in [3.63, 3.8) is 0 Å². The number of nitrogens with one attached hydrogen (secondary N) is 1. The molecule has 22 heavy (non-hydrogen) atoms. The monoisotopic (exact) mass is 344 g/mol. The fourth-order valence-corrected chi connectivity index (χ4v) is 3.78. The minimum Gasteiger partial charge on any atom is -0.392 e. The molecule has 2 amide bonds. The molecule has 1 heterocycles. The number of urea groups is 1. The first-order chi connectivity index (χ1) is 10.4. The number of rotatable bonds is 1. The van der Waals surface area contributed by atoms with E-state index in [4.69, 9.17) is 23.2 Å². The van der Waals surface area contributed by atoms with Gasteiger partial charge in [-0.2, -0.15) is 0 Å². The lowest BCUT2D eigenvalue weighted by molar-refractivity contribution is -0.186. The minimum atomic E-state index is -0.460. The van der Waals surface area contributed by atoms with Gasteiger partial charge >= 0.3 is 6.03 Å². The zero-order chi connectivity index (χ0) is 15.9. The summed E-state index contributed by atoms with van der Waals surface area (Å²) in [5.74, 6) is 0. The van der Waals surface area contributed by atoms with E-state index < -0.39 is 17.6 Å². The van der Waals surface area contributed by atoms with Gasteiger partial charge in [0, 0.05) is 29.9 Å². The number of likely N-dealkylation sites (tertiary alicyclic amines) is 1. The van der Waals surface area contributed by atoms with Gasteiger partial charge in [0.05, 0.1) is 22.9 Å². The Bertz CT molecular complexity index is 578. The van der Waals surface area contributed by atoms with Crippen molar-refractivity contribution in [2.75, 3.05) is 18.4 Å². The first kappa shape index (κ1) is 15.9. The van der Waals surface area contributed by atoms with Crippen LogP contribution in [0.3, 0.4) is 0 Å². The van der Waals surface area contributed by atoms with E-state index in [1.54, 1.807) is 23.1 Å². The highest BCUT2D eigenvalue weighted by Gasteiger charge is 2.55. The Morgan fingerprint density at radius 1 is 1.23 bits per heavy atom. The number of piperidine rings is 1. The summed E-state index contributed by atoms with van der Waals surface area (Å²) in [4.78, 5) is 14.0. The maximum Gasteiger partial charge on any atom is 0.321 e. The standard InChI is InChI=1S/C15H18Cl2N2O3/c16-9-1-2-11(10(17)7-9)18-14(22)19-5-3-15(4-6-19)12(20)8-13(15)21/h1-2,7,12-13,20-21H,3-6,8H2,(H,18,22)/t12-,13+. The molecule has 5 nitrogen and oxygen atoms in total. The number of aliphatic hydroxyl groups excluding tert-OH is 2. The Labute approximate surface area is 138 Å². The molecule has 7 heteroatoms. The summed E-state index contributed by atoms with van der Waals surface area (Å²) in [5.41, 5.74) is 0.0920. The molecule has 0 unspecified atom stereocenters. The van der Waals surface area contributed by atoms with Crippen molar-refractivity contribution < 1.29 is 15.0 Å². The van der Waals surface area contributed by atoms with Crippen molar-refractivity contribution in [1.29, 1.82) is 0 Å². The highest BCUT2D eigenvalue weighted by Crippen LogP contribution is 2.49. The number of halogens is 2. The SMILES string of the molecule is O=C(Nc1ccc(Cl)cc1Cl)N1CCC2(CC1)[C@H](O)C[C@@H]2O. The number of hydrogen-bond donors (Lipinski definition) is 3. The van der Waals surface area contributed by atoms with Crippen LogP contribution >= 0.6 is 23.2 Å². The van der Waals surface area contributed by atoms with Gasteiger partial charge in [0.15, 0.2) is 0 Å². The zero-order valence-corrected chi connectivity index (χ0v) is 13.4. The number of anilines is 1. The summed E-state index contributed by atoms with van der Waals surface area (Å²) in [6, 6.07) is 4.66.